The third kappa shape index (κ3) is 3.91. The van der Waals surface area contributed by atoms with Crippen molar-refractivity contribution < 1.29 is 9.59 Å². The molecule has 172 valence electrons. The number of benzene rings is 2. The SMILES string of the molecule is Cc1ccccc1N1C(=O)c2cc(-c3cccs3)nn2C[C@]1(C)C(=O)NCc1ccc(Cl)cc1. The molecule has 0 unspecified atom stereocenters. The highest BCUT2D eigenvalue weighted by molar-refractivity contribution is 7.13. The molecule has 0 fully saturated rings. The smallest absolute Gasteiger partial charge is 0.277 e. The van der Waals surface area contributed by atoms with E-state index in [0.717, 1.165) is 21.7 Å². The molecule has 5 rings (SSSR count). The first kappa shape index (κ1) is 22.4. The zero-order valence-corrected chi connectivity index (χ0v) is 20.4. The maximum absolute atomic E-state index is 13.9. The van der Waals surface area contributed by atoms with Crippen LogP contribution in [0.25, 0.3) is 10.6 Å². The topological polar surface area (TPSA) is 67.2 Å². The highest BCUT2D eigenvalue weighted by Crippen LogP contribution is 2.36. The number of para-hydroxylation sites is 1. The van der Waals surface area contributed by atoms with Gasteiger partial charge in [-0.2, -0.15) is 5.10 Å². The number of rotatable bonds is 5. The average Bonchev–Trinajstić information content (AvgIpc) is 3.50. The predicted molar refractivity (Wildman–Crippen MR) is 135 cm³/mol. The number of carbonyl (C=O) groups excluding carboxylic acids is 2. The van der Waals surface area contributed by atoms with Crippen LogP contribution < -0.4 is 10.2 Å². The number of amides is 2. The number of aryl methyl sites for hydroxylation is 1. The molecular weight excluding hydrogens is 468 g/mol. The lowest BCUT2D eigenvalue weighted by molar-refractivity contribution is -0.126. The summed E-state index contributed by atoms with van der Waals surface area (Å²) >= 11 is 7.55. The zero-order chi connectivity index (χ0) is 23.9. The molecule has 0 bridgehead atoms. The van der Waals surface area contributed by atoms with Gasteiger partial charge in [0.05, 0.1) is 11.4 Å². The number of aromatic nitrogens is 2. The lowest BCUT2D eigenvalue weighted by Gasteiger charge is -2.43. The van der Waals surface area contributed by atoms with Gasteiger partial charge >= 0.3 is 0 Å². The fraction of sp³-hybridized carbons (Fsp3) is 0.192. The van der Waals surface area contributed by atoms with Gasteiger partial charge in [-0.1, -0.05) is 48.0 Å². The molecule has 4 aromatic rings. The number of hydrogen-bond donors (Lipinski definition) is 1. The van der Waals surface area contributed by atoms with E-state index in [1.165, 1.54) is 0 Å². The molecule has 0 radical (unpaired) electrons. The van der Waals surface area contributed by atoms with Crippen LogP contribution in [0.2, 0.25) is 5.02 Å². The Morgan fingerprint density at radius 1 is 1.15 bits per heavy atom. The number of fused-ring (bicyclic) bond motifs is 1. The van der Waals surface area contributed by atoms with Crippen LogP contribution in [0.4, 0.5) is 5.69 Å². The number of anilines is 1. The van der Waals surface area contributed by atoms with Gasteiger partial charge in [-0.05, 0) is 60.7 Å². The summed E-state index contributed by atoms with van der Waals surface area (Å²) in [5, 5.41) is 10.3. The molecule has 8 heteroatoms. The maximum Gasteiger partial charge on any atom is 0.277 e. The van der Waals surface area contributed by atoms with Crippen molar-refractivity contribution in [1.82, 2.24) is 15.1 Å². The summed E-state index contributed by atoms with van der Waals surface area (Å²) in [6, 6.07) is 20.7. The van der Waals surface area contributed by atoms with Crippen LogP contribution >= 0.6 is 22.9 Å². The van der Waals surface area contributed by atoms with E-state index in [1.54, 1.807) is 40.0 Å². The molecule has 34 heavy (non-hydrogen) atoms. The van der Waals surface area contributed by atoms with Gasteiger partial charge in [0.2, 0.25) is 5.91 Å². The molecule has 0 spiro atoms. The quantitative estimate of drug-likeness (QED) is 0.412. The Morgan fingerprint density at radius 2 is 1.91 bits per heavy atom. The minimum atomic E-state index is -1.18. The van der Waals surface area contributed by atoms with E-state index in [2.05, 4.69) is 10.4 Å². The van der Waals surface area contributed by atoms with E-state index < -0.39 is 5.54 Å². The van der Waals surface area contributed by atoms with Crippen LogP contribution in [0, 0.1) is 6.92 Å². The Morgan fingerprint density at radius 3 is 2.62 bits per heavy atom. The van der Waals surface area contributed by atoms with Crippen molar-refractivity contribution in [3.63, 3.8) is 0 Å². The molecule has 0 saturated carbocycles. The summed E-state index contributed by atoms with van der Waals surface area (Å²) in [6.07, 6.45) is 0. The summed E-state index contributed by atoms with van der Waals surface area (Å²) < 4.78 is 1.66. The van der Waals surface area contributed by atoms with Gasteiger partial charge in [-0.15, -0.1) is 11.3 Å². The molecule has 1 N–H and O–H groups in total. The Bertz CT molecular complexity index is 1360. The van der Waals surface area contributed by atoms with Gasteiger partial charge in [-0.3, -0.25) is 19.2 Å². The second-order valence-corrected chi connectivity index (χ2v) is 9.94. The summed E-state index contributed by atoms with van der Waals surface area (Å²) in [5.74, 6) is -0.502. The summed E-state index contributed by atoms with van der Waals surface area (Å²) in [5.41, 5.74) is 2.57. The maximum atomic E-state index is 13.9. The summed E-state index contributed by atoms with van der Waals surface area (Å²) in [7, 11) is 0. The molecule has 3 heterocycles. The average molecular weight is 491 g/mol. The highest BCUT2D eigenvalue weighted by Gasteiger charge is 2.49. The number of hydrogen-bond acceptors (Lipinski definition) is 4. The van der Waals surface area contributed by atoms with Gasteiger partial charge < -0.3 is 5.32 Å². The summed E-state index contributed by atoms with van der Waals surface area (Å²) in [6.45, 7) is 4.30. The molecule has 2 amide bonds. The van der Waals surface area contributed by atoms with E-state index in [4.69, 9.17) is 11.6 Å². The van der Waals surface area contributed by atoms with E-state index in [0.29, 0.717) is 22.9 Å². The van der Waals surface area contributed by atoms with Crippen LogP contribution in [0.1, 0.15) is 28.5 Å². The van der Waals surface area contributed by atoms with Crippen LogP contribution in [0.5, 0.6) is 0 Å². The predicted octanol–water partition coefficient (Wildman–Crippen LogP) is 5.31. The molecule has 2 aromatic heterocycles. The third-order valence-corrected chi connectivity index (χ3v) is 7.28. The number of nitrogens with zero attached hydrogens (tertiary/aromatic N) is 3. The molecule has 2 aromatic carbocycles. The summed E-state index contributed by atoms with van der Waals surface area (Å²) in [4.78, 5) is 30.1. The molecule has 0 aliphatic carbocycles. The monoisotopic (exact) mass is 490 g/mol. The zero-order valence-electron chi connectivity index (χ0n) is 18.8. The van der Waals surface area contributed by atoms with Crippen molar-refractivity contribution in [3.8, 4) is 10.6 Å². The molecule has 6 nitrogen and oxygen atoms in total. The Kier molecular flexibility index (Phi) is 5.75. The molecule has 0 saturated heterocycles. The van der Waals surface area contributed by atoms with E-state index >= 15 is 0 Å². The highest BCUT2D eigenvalue weighted by atomic mass is 35.5. The van der Waals surface area contributed by atoms with E-state index in [9.17, 15) is 9.59 Å². The van der Waals surface area contributed by atoms with Crippen molar-refractivity contribution in [2.75, 3.05) is 4.90 Å². The molecular formula is C26H23ClN4O2S. The third-order valence-electron chi connectivity index (χ3n) is 6.14. The Balaban J connectivity index is 1.54. The first-order valence-electron chi connectivity index (χ1n) is 10.9. The first-order valence-corrected chi connectivity index (χ1v) is 12.2. The van der Waals surface area contributed by atoms with Crippen molar-refractivity contribution in [2.45, 2.75) is 32.5 Å². The fourth-order valence-corrected chi connectivity index (χ4v) is 5.10. The van der Waals surface area contributed by atoms with Crippen LogP contribution in [-0.4, -0.2) is 27.1 Å². The van der Waals surface area contributed by atoms with Crippen LogP contribution in [-0.2, 0) is 17.9 Å². The van der Waals surface area contributed by atoms with Crippen molar-refractivity contribution >= 4 is 40.4 Å². The first-order chi connectivity index (χ1) is 16.4. The number of nitrogens with one attached hydrogen (secondary N) is 1. The lowest BCUT2D eigenvalue weighted by atomic mass is 9.93. The number of carbonyl (C=O) groups is 2. The van der Waals surface area contributed by atoms with Gasteiger partial charge in [0.25, 0.3) is 5.91 Å². The number of halogens is 1. The minimum absolute atomic E-state index is 0.236. The largest absolute Gasteiger partial charge is 0.350 e. The van der Waals surface area contributed by atoms with Gasteiger partial charge in [0.1, 0.15) is 16.9 Å². The van der Waals surface area contributed by atoms with Gasteiger partial charge in [-0.25, -0.2) is 0 Å². The standard InChI is InChI=1S/C26H23ClN4O2S/c1-17-6-3-4-7-21(17)31-24(32)22-14-20(23-8-5-13-34-23)29-30(22)16-26(31,2)25(33)28-15-18-9-11-19(27)12-10-18/h3-14H,15-16H2,1-2H3,(H,28,33)/t26-/m1/s1. The van der Waals surface area contributed by atoms with Gasteiger partial charge in [0, 0.05) is 17.3 Å². The van der Waals surface area contributed by atoms with Crippen molar-refractivity contribution in [2.24, 2.45) is 0 Å². The van der Waals surface area contributed by atoms with Crippen LogP contribution in [0.3, 0.4) is 0 Å². The van der Waals surface area contributed by atoms with E-state index in [-0.39, 0.29) is 18.4 Å². The second-order valence-electron chi connectivity index (χ2n) is 8.56. The second kappa shape index (κ2) is 8.74. The van der Waals surface area contributed by atoms with Crippen molar-refractivity contribution in [3.05, 3.63) is 94.0 Å². The Hall–Kier alpha value is -3.42. The van der Waals surface area contributed by atoms with E-state index in [1.807, 2.05) is 66.9 Å². The Labute approximate surface area is 206 Å². The van der Waals surface area contributed by atoms with Crippen molar-refractivity contribution in [1.29, 1.82) is 0 Å². The molecule has 1 aliphatic heterocycles. The molecule has 1 atom stereocenters. The minimum Gasteiger partial charge on any atom is -0.350 e. The number of thiophene rings is 1. The molecule has 1 aliphatic rings. The normalized spacial score (nSPS) is 17.5. The van der Waals surface area contributed by atoms with Crippen LogP contribution in [0.15, 0.2) is 72.1 Å². The lowest BCUT2D eigenvalue weighted by Crippen LogP contribution is -2.64. The fourth-order valence-electron chi connectivity index (χ4n) is 4.29. The van der Waals surface area contributed by atoms with Gasteiger partial charge in [0.15, 0.2) is 0 Å².